The van der Waals surface area contributed by atoms with Crippen molar-refractivity contribution in [3.05, 3.63) is 35.5 Å². The third kappa shape index (κ3) is 5.34. The third-order valence-corrected chi connectivity index (χ3v) is 6.45. The summed E-state index contributed by atoms with van der Waals surface area (Å²) in [7, 11) is 1.77. The molecule has 1 saturated heterocycles. The summed E-state index contributed by atoms with van der Waals surface area (Å²) in [6.07, 6.45) is 3.00. The van der Waals surface area contributed by atoms with Crippen LogP contribution in [0.4, 0.5) is 0 Å². The van der Waals surface area contributed by atoms with E-state index in [4.69, 9.17) is 5.41 Å². The maximum atomic E-state index is 13.0. The van der Waals surface area contributed by atoms with E-state index in [9.17, 15) is 9.59 Å². The maximum Gasteiger partial charge on any atom is 0.254 e. The summed E-state index contributed by atoms with van der Waals surface area (Å²) in [5, 5.41) is 9.42. The number of aromatic nitrogens is 1. The zero-order valence-corrected chi connectivity index (χ0v) is 19.4. The van der Waals surface area contributed by atoms with Gasteiger partial charge in [0.05, 0.1) is 0 Å². The number of amides is 2. The van der Waals surface area contributed by atoms with Gasteiger partial charge in [-0.2, -0.15) is 0 Å². The van der Waals surface area contributed by atoms with Gasteiger partial charge in [-0.25, -0.2) is 0 Å². The first kappa shape index (κ1) is 23.0. The lowest BCUT2D eigenvalue weighted by Crippen LogP contribution is -2.50. The zero-order chi connectivity index (χ0) is 22.7. The van der Waals surface area contributed by atoms with E-state index in [2.05, 4.69) is 23.7 Å². The highest BCUT2D eigenvalue weighted by atomic mass is 16.2. The molecule has 2 N–H and O–H groups in total. The van der Waals surface area contributed by atoms with Gasteiger partial charge in [-0.3, -0.25) is 14.5 Å². The molecule has 1 aliphatic rings. The second-order valence-corrected chi connectivity index (χ2v) is 8.96. The Morgan fingerprint density at radius 1 is 1.16 bits per heavy atom. The molecule has 1 fully saturated rings. The van der Waals surface area contributed by atoms with E-state index >= 15 is 0 Å². The molecular weight excluding hydrogens is 390 g/mol. The minimum Gasteiger partial charge on any atom is -0.361 e. The number of nitrogens with zero attached hydrogens (tertiary/aromatic N) is 3. The normalized spacial score (nSPS) is 16.0. The number of fused-ring (bicyclic) bond motifs is 1. The Balaban J connectivity index is 1.65. The predicted molar refractivity (Wildman–Crippen MR) is 125 cm³/mol. The van der Waals surface area contributed by atoms with E-state index in [1.807, 2.05) is 36.2 Å². The van der Waals surface area contributed by atoms with Gasteiger partial charge in [0.25, 0.3) is 5.91 Å². The number of H-pyrrole nitrogens is 1. The molecule has 31 heavy (non-hydrogen) atoms. The minimum atomic E-state index is -0.00408. The summed E-state index contributed by atoms with van der Waals surface area (Å²) >= 11 is 0. The summed E-state index contributed by atoms with van der Waals surface area (Å²) in [5.41, 5.74) is 3.25. The second-order valence-electron chi connectivity index (χ2n) is 8.96. The number of carbonyl (C=O) groups excluding carboxylic acids is 2. The molecule has 2 heterocycles. The van der Waals surface area contributed by atoms with Crippen molar-refractivity contribution in [1.82, 2.24) is 19.7 Å². The maximum absolute atomic E-state index is 13.0. The summed E-state index contributed by atoms with van der Waals surface area (Å²) in [5.74, 6) is 0.0884. The Kier molecular flexibility index (Phi) is 7.15. The predicted octanol–water partition coefficient (Wildman–Crippen LogP) is 3.15. The lowest BCUT2D eigenvalue weighted by Gasteiger charge is -2.37. The third-order valence-electron chi connectivity index (χ3n) is 6.45. The molecule has 168 valence electrons. The fourth-order valence-corrected chi connectivity index (χ4v) is 4.20. The van der Waals surface area contributed by atoms with Crippen molar-refractivity contribution in [3.8, 4) is 0 Å². The highest BCUT2D eigenvalue weighted by molar-refractivity contribution is 5.99. The van der Waals surface area contributed by atoms with Crippen molar-refractivity contribution in [1.29, 1.82) is 5.41 Å². The molecule has 1 unspecified atom stereocenters. The second kappa shape index (κ2) is 9.64. The highest BCUT2D eigenvalue weighted by Gasteiger charge is 2.24. The Morgan fingerprint density at radius 2 is 1.84 bits per heavy atom. The van der Waals surface area contributed by atoms with E-state index in [1.165, 1.54) is 0 Å². The molecule has 3 rings (SSSR count). The van der Waals surface area contributed by atoms with Gasteiger partial charge < -0.3 is 20.2 Å². The quantitative estimate of drug-likeness (QED) is 0.669. The molecule has 0 bridgehead atoms. The zero-order valence-electron chi connectivity index (χ0n) is 19.4. The van der Waals surface area contributed by atoms with Crippen LogP contribution in [-0.2, 0) is 11.2 Å². The van der Waals surface area contributed by atoms with Crippen molar-refractivity contribution >= 4 is 28.4 Å². The SMILES string of the molecule is CC(=O)N(C)C(C)CC(=N)Cc1c[nH]c2cc(C(=O)N3CCN(C(C)C)CC3)ccc12. The number of rotatable bonds is 7. The molecule has 2 amide bonds. The number of hydrogen-bond acceptors (Lipinski definition) is 4. The molecule has 0 spiro atoms. The number of aromatic amines is 1. The van der Waals surface area contributed by atoms with Crippen LogP contribution in [0.5, 0.6) is 0 Å². The van der Waals surface area contributed by atoms with Crippen LogP contribution in [0.2, 0.25) is 0 Å². The molecule has 1 atom stereocenters. The molecule has 7 nitrogen and oxygen atoms in total. The first-order valence-corrected chi connectivity index (χ1v) is 11.1. The molecule has 0 radical (unpaired) electrons. The van der Waals surface area contributed by atoms with Gasteiger partial charge in [-0.05, 0) is 38.5 Å². The number of hydrogen-bond donors (Lipinski definition) is 2. The van der Waals surface area contributed by atoms with Crippen LogP contribution in [0, 0.1) is 5.41 Å². The van der Waals surface area contributed by atoms with Crippen molar-refractivity contribution < 1.29 is 9.59 Å². The van der Waals surface area contributed by atoms with Crippen LogP contribution >= 0.6 is 0 Å². The smallest absolute Gasteiger partial charge is 0.254 e. The Labute approximate surface area is 184 Å². The van der Waals surface area contributed by atoms with E-state index in [0.29, 0.717) is 30.2 Å². The molecule has 0 aliphatic carbocycles. The molecule has 1 aromatic carbocycles. The van der Waals surface area contributed by atoms with Gasteiger partial charge in [0.1, 0.15) is 0 Å². The van der Waals surface area contributed by atoms with E-state index in [1.54, 1.807) is 18.9 Å². The summed E-state index contributed by atoms with van der Waals surface area (Å²) < 4.78 is 0. The van der Waals surface area contributed by atoms with Gasteiger partial charge in [-0.1, -0.05) is 6.07 Å². The van der Waals surface area contributed by atoms with Crippen molar-refractivity contribution in [2.24, 2.45) is 0 Å². The average molecular weight is 426 g/mol. The van der Waals surface area contributed by atoms with E-state index in [-0.39, 0.29) is 17.9 Å². The molecule has 7 heteroatoms. The van der Waals surface area contributed by atoms with Crippen LogP contribution in [0.15, 0.2) is 24.4 Å². The molecule has 0 saturated carbocycles. The lowest BCUT2D eigenvalue weighted by molar-refractivity contribution is -0.129. The highest BCUT2D eigenvalue weighted by Crippen LogP contribution is 2.22. The monoisotopic (exact) mass is 425 g/mol. The molecule has 1 aromatic heterocycles. The number of piperazine rings is 1. The van der Waals surface area contributed by atoms with E-state index < -0.39 is 0 Å². The largest absolute Gasteiger partial charge is 0.361 e. The van der Waals surface area contributed by atoms with Gasteiger partial charge in [-0.15, -0.1) is 0 Å². The van der Waals surface area contributed by atoms with Gasteiger partial charge in [0, 0.05) is 93.5 Å². The van der Waals surface area contributed by atoms with Crippen LogP contribution in [0.25, 0.3) is 10.9 Å². The topological polar surface area (TPSA) is 83.5 Å². The fraction of sp³-hybridized carbons (Fsp3) is 0.542. The van der Waals surface area contributed by atoms with Gasteiger partial charge >= 0.3 is 0 Å². The van der Waals surface area contributed by atoms with Crippen molar-refractivity contribution in [2.75, 3.05) is 33.2 Å². The fourth-order valence-electron chi connectivity index (χ4n) is 4.20. The molecule has 1 aliphatic heterocycles. The number of carbonyl (C=O) groups is 2. The van der Waals surface area contributed by atoms with Crippen LogP contribution in [0.3, 0.4) is 0 Å². The van der Waals surface area contributed by atoms with Crippen LogP contribution < -0.4 is 0 Å². The van der Waals surface area contributed by atoms with Crippen molar-refractivity contribution in [3.63, 3.8) is 0 Å². The van der Waals surface area contributed by atoms with Gasteiger partial charge in [0.2, 0.25) is 5.91 Å². The number of nitrogens with one attached hydrogen (secondary N) is 2. The van der Waals surface area contributed by atoms with Crippen LogP contribution in [-0.4, -0.2) is 82.5 Å². The lowest BCUT2D eigenvalue weighted by atomic mass is 10.0. The summed E-state index contributed by atoms with van der Waals surface area (Å²) in [6, 6.07) is 6.31. The standard InChI is InChI=1S/C24H35N5O2/c1-16(2)28-8-10-29(11-9-28)24(31)19-6-7-22-20(15-26-23(22)14-19)13-21(25)12-17(3)27(5)18(4)30/h6-7,14-17,25-26H,8-13H2,1-5H3. The Hall–Kier alpha value is -2.67. The van der Waals surface area contributed by atoms with E-state index in [0.717, 1.165) is 42.6 Å². The minimum absolute atomic E-state index is 0.00408. The Bertz CT molecular complexity index is 956. The first-order valence-electron chi connectivity index (χ1n) is 11.1. The Morgan fingerprint density at radius 3 is 2.45 bits per heavy atom. The molecule has 2 aromatic rings. The average Bonchev–Trinajstić information content (AvgIpc) is 3.14. The van der Waals surface area contributed by atoms with Gasteiger partial charge in [0.15, 0.2) is 0 Å². The summed E-state index contributed by atoms with van der Waals surface area (Å²) in [4.78, 5) is 33.8. The van der Waals surface area contributed by atoms with Crippen LogP contribution in [0.1, 0.15) is 50.0 Å². The summed E-state index contributed by atoms with van der Waals surface area (Å²) in [6.45, 7) is 11.2. The van der Waals surface area contributed by atoms with Crippen molar-refractivity contribution in [2.45, 2.75) is 52.6 Å². The number of benzene rings is 1. The first-order chi connectivity index (χ1) is 14.7. The molecular formula is C24H35N5O2.